The molecule has 0 radical (unpaired) electrons. The van der Waals surface area contributed by atoms with Crippen molar-refractivity contribution >= 4 is 17.6 Å². The van der Waals surface area contributed by atoms with Gasteiger partial charge in [0, 0.05) is 49.9 Å². The van der Waals surface area contributed by atoms with E-state index in [1.165, 1.54) is 48.2 Å². The van der Waals surface area contributed by atoms with Gasteiger partial charge in [-0.25, -0.2) is 13.5 Å². The van der Waals surface area contributed by atoms with Gasteiger partial charge in [-0.1, -0.05) is 6.07 Å². The fourth-order valence-electron chi connectivity index (χ4n) is 6.66. The molecule has 2 aliphatic heterocycles. The van der Waals surface area contributed by atoms with Gasteiger partial charge in [-0.05, 0) is 74.1 Å². The van der Waals surface area contributed by atoms with Crippen LogP contribution < -0.4 is 9.64 Å². The van der Waals surface area contributed by atoms with E-state index in [9.17, 15) is 8.78 Å². The summed E-state index contributed by atoms with van der Waals surface area (Å²) in [5.74, 6) is -4.22. The first-order valence-electron chi connectivity index (χ1n) is 15.1. The van der Waals surface area contributed by atoms with E-state index in [0.717, 1.165) is 56.4 Å². The van der Waals surface area contributed by atoms with Crippen molar-refractivity contribution in [3.05, 3.63) is 89.5 Å². The number of benzene rings is 2. The molecule has 0 bridgehead atoms. The van der Waals surface area contributed by atoms with E-state index in [2.05, 4.69) is 20.2 Å². The van der Waals surface area contributed by atoms with Crippen molar-refractivity contribution in [2.45, 2.75) is 31.9 Å². The molecule has 46 heavy (non-hydrogen) atoms. The highest BCUT2D eigenvalue weighted by Gasteiger charge is 2.48. The van der Waals surface area contributed by atoms with Crippen molar-refractivity contribution in [3.63, 3.8) is 0 Å². The lowest BCUT2D eigenvalue weighted by atomic mass is 9.73. The Kier molecular flexibility index (Phi) is 7.74. The Balaban J connectivity index is 1.29. The second kappa shape index (κ2) is 11.8. The minimum Gasteiger partial charge on any atom is -0.453 e. The lowest BCUT2D eigenvalue weighted by Gasteiger charge is -2.55. The number of alkyl halides is 3. The Hall–Kier alpha value is -4.39. The second-order valence-corrected chi connectivity index (χ2v) is 12.4. The number of nitrogens with zero attached hydrogens (tertiary/aromatic N) is 6. The Morgan fingerprint density at radius 3 is 2.57 bits per heavy atom. The first-order valence-corrected chi connectivity index (χ1v) is 15.1. The zero-order chi connectivity index (χ0) is 32.1. The molecule has 0 amide bonds. The van der Waals surface area contributed by atoms with Crippen LogP contribution in [0.2, 0.25) is 0 Å². The number of piperidine rings is 1. The first kappa shape index (κ1) is 30.3. The van der Waals surface area contributed by atoms with Crippen LogP contribution in [0.15, 0.2) is 61.1 Å². The first-order chi connectivity index (χ1) is 22.1. The number of likely N-dealkylation sites (tertiary alicyclic amines) is 1. The molecule has 1 spiro atoms. The molecule has 240 valence electrons. The van der Waals surface area contributed by atoms with Crippen molar-refractivity contribution in [2.24, 2.45) is 11.3 Å². The summed E-state index contributed by atoms with van der Waals surface area (Å²) in [6.45, 7) is 3.21. The monoisotopic (exact) mass is 640 g/mol. The molecule has 7 nitrogen and oxygen atoms in total. The van der Waals surface area contributed by atoms with Gasteiger partial charge >= 0.3 is 6.18 Å². The van der Waals surface area contributed by atoms with Gasteiger partial charge in [0.15, 0.2) is 17.4 Å². The maximum absolute atomic E-state index is 15.8. The minimum absolute atomic E-state index is 0.0387. The smallest absolute Gasteiger partial charge is 0.422 e. The molecular formula is C33H30F6N6O. The topological polar surface area (TPSA) is 59.3 Å². The summed E-state index contributed by atoms with van der Waals surface area (Å²) in [6, 6.07) is 8.39. The van der Waals surface area contributed by atoms with E-state index < -0.39 is 40.7 Å². The number of anilines is 1. The van der Waals surface area contributed by atoms with Gasteiger partial charge in [0.25, 0.3) is 0 Å². The SMILES string of the molecule is F/C(=C\c1ccc(Oc2cccc(F)c2F)c(C(F)(F)F)c1N1CCCC2(CN(CC3CC3)C2)C1)c1ccn(-c2ccnnc2)n1. The number of rotatable bonds is 8. The summed E-state index contributed by atoms with van der Waals surface area (Å²) in [7, 11) is 0. The van der Waals surface area contributed by atoms with Crippen molar-refractivity contribution in [1.82, 2.24) is 24.9 Å². The number of aromatic nitrogens is 4. The van der Waals surface area contributed by atoms with Gasteiger partial charge < -0.3 is 14.5 Å². The average molecular weight is 641 g/mol. The zero-order valence-corrected chi connectivity index (χ0v) is 24.7. The highest BCUT2D eigenvalue weighted by molar-refractivity contribution is 5.84. The van der Waals surface area contributed by atoms with Crippen molar-refractivity contribution in [1.29, 1.82) is 0 Å². The van der Waals surface area contributed by atoms with E-state index in [0.29, 0.717) is 31.1 Å². The summed E-state index contributed by atoms with van der Waals surface area (Å²) in [4.78, 5) is 4.00. The number of hydrogen-bond acceptors (Lipinski definition) is 6. The molecular weight excluding hydrogens is 610 g/mol. The maximum Gasteiger partial charge on any atom is 0.422 e. The molecule has 2 aromatic heterocycles. The third-order valence-corrected chi connectivity index (χ3v) is 8.85. The van der Waals surface area contributed by atoms with Crippen LogP contribution in [-0.4, -0.2) is 57.6 Å². The molecule has 1 aliphatic carbocycles. The molecule has 13 heteroatoms. The summed E-state index contributed by atoms with van der Waals surface area (Å²) < 4.78 is 96.3. The Labute approximate surface area is 261 Å². The molecule has 0 unspecified atom stereocenters. The van der Waals surface area contributed by atoms with Crippen LogP contribution in [0.1, 0.15) is 42.5 Å². The van der Waals surface area contributed by atoms with Gasteiger partial charge in [-0.3, -0.25) is 0 Å². The van der Waals surface area contributed by atoms with Crippen LogP contribution >= 0.6 is 0 Å². The number of halogens is 6. The van der Waals surface area contributed by atoms with Crippen LogP contribution in [-0.2, 0) is 6.18 Å². The van der Waals surface area contributed by atoms with Crippen molar-refractivity contribution in [3.8, 4) is 17.2 Å². The van der Waals surface area contributed by atoms with E-state index in [4.69, 9.17) is 4.74 Å². The summed E-state index contributed by atoms with van der Waals surface area (Å²) >= 11 is 0. The normalized spacial score (nSPS) is 18.6. The molecule has 2 aromatic carbocycles. The lowest BCUT2D eigenvalue weighted by Crippen LogP contribution is -2.63. The summed E-state index contributed by atoms with van der Waals surface area (Å²) in [6.07, 6.45) is 4.38. The standard InChI is InChI=1S/C33H30F6N6O/c34-24-3-1-4-28(30(24)36)46-27-8-7-22(15-25(35)26-10-14-45(42-26)23-9-12-40-41-16-23)31(29(27)33(37,38)39)44-13-2-11-32(20-44)18-43(19-32)17-21-5-6-21/h1,3-4,7-10,12,14-16,21H,2,5-6,11,13,17-20H2/b25-15-. The van der Waals surface area contributed by atoms with Gasteiger partial charge in [0.2, 0.25) is 5.82 Å². The fraction of sp³-hybridized carbons (Fsp3) is 0.364. The van der Waals surface area contributed by atoms with Crippen LogP contribution in [0.3, 0.4) is 0 Å². The van der Waals surface area contributed by atoms with Gasteiger partial charge in [-0.15, -0.1) is 0 Å². The summed E-state index contributed by atoms with van der Waals surface area (Å²) in [5, 5.41) is 11.7. The molecule has 3 fully saturated rings. The van der Waals surface area contributed by atoms with Crippen molar-refractivity contribution in [2.75, 3.05) is 37.6 Å². The summed E-state index contributed by atoms with van der Waals surface area (Å²) in [5.41, 5.74) is -1.26. The molecule has 7 rings (SSSR count). The van der Waals surface area contributed by atoms with E-state index >= 15 is 17.6 Å². The predicted molar refractivity (Wildman–Crippen MR) is 159 cm³/mol. The Morgan fingerprint density at radius 2 is 1.83 bits per heavy atom. The number of ether oxygens (including phenoxy) is 1. The minimum atomic E-state index is -4.98. The molecule has 2 saturated heterocycles. The van der Waals surface area contributed by atoms with Gasteiger partial charge in [-0.2, -0.15) is 32.9 Å². The lowest BCUT2D eigenvalue weighted by molar-refractivity contribution is -0.138. The highest BCUT2D eigenvalue weighted by atomic mass is 19.4. The molecule has 0 N–H and O–H groups in total. The van der Waals surface area contributed by atoms with Gasteiger partial charge in [0.1, 0.15) is 17.0 Å². The largest absolute Gasteiger partial charge is 0.453 e. The fourth-order valence-corrected chi connectivity index (χ4v) is 6.66. The molecule has 4 heterocycles. The quantitative estimate of drug-likeness (QED) is 0.186. The van der Waals surface area contributed by atoms with Crippen LogP contribution in [0.25, 0.3) is 17.6 Å². The van der Waals surface area contributed by atoms with E-state index in [-0.39, 0.29) is 22.4 Å². The Morgan fingerprint density at radius 1 is 1.00 bits per heavy atom. The van der Waals surface area contributed by atoms with Gasteiger partial charge in [0.05, 0.1) is 23.8 Å². The molecule has 1 saturated carbocycles. The number of hydrogen-bond donors (Lipinski definition) is 0. The van der Waals surface area contributed by atoms with Crippen LogP contribution in [0, 0.1) is 23.0 Å². The second-order valence-electron chi connectivity index (χ2n) is 12.4. The third-order valence-electron chi connectivity index (χ3n) is 8.85. The molecule has 4 aromatic rings. The Bertz CT molecular complexity index is 1760. The third kappa shape index (κ3) is 6.07. The van der Waals surface area contributed by atoms with Crippen LogP contribution in [0.4, 0.5) is 32.0 Å². The zero-order valence-electron chi connectivity index (χ0n) is 24.7. The van der Waals surface area contributed by atoms with Crippen molar-refractivity contribution < 1.29 is 31.1 Å². The van der Waals surface area contributed by atoms with Crippen LogP contribution in [0.5, 0.6) is 11.5 Å². The average Bonchev–Trinajstić information content (AvgIpc) is 3.70. The van der Waals surface area contributed by atoms with E-state index in [1.807, 2.05) is 0 Å². The highest BCUT2D eigenvalue weighted by Crippen LogP contribution is 2.50. The predicted octanol–water partition coefficient (Wildman–Crippen LogP) is 7.53. The van der Waals surface area contributed by atoms with E-state index in [1.54, 1.807) is 11.0 Å². The maximum atomic E-state index is 15.8. The molecule has 0 atom stereocenters. The molecule has 3 aliphatic rings.